The van der Waals surface area contributed by atoms with Crippen LogP contribution in [-0.2, 0) is 6.42 Å². The number of hydrogen-bond acceptors (Lipinski definition) is 2. The van der Waals surface area contributed by atoms with Gasteiger partial charge in [0.25, 0.3) is 0 Å². The number of para-hydroxylation sites is 1. The third kappa shape index (κ3) is 3.78. The number of anilines is 1. The summed E-state index contributed by atoms with van der Waals surface area (Å²) < 4.78 is 13.6. The van der Waals surface area contributed by atoms with Crippen LogP contribution in [0.25, 0.3) is 16.5 Å². The number of H-pyrrole nitrogens is 1. The van der Waals surface area contributed by atoms with E-state index in [1.165, 1.54) is 17.3 Å². The third-order valence-corrected chi connectivity index (χ3v) is 5.98. The van der Waals surface area contributed by atoms with E-state index in [0.29, 0.717) is 0 Å². The van der Waals surface area contributed by atoms with E-state index in [1.54, 1.807) is 12.1 Å². The van der Waals surface area contributed by atoms with E-state index in [4.69, 9.17) is 0 Å². The van der Waals surface area contributed by atoms with Gasteiger partial charge in [-0.3, -0.25) is 0 Å². The lowest BCUT2D eigenvalue weighted by atomic mass is 10.0. The Balaban J connectivity index is 1.14. The summed E-state index contributed by atoms with van der Waals surface area (Å²) in [5.41, 5.74) is 5.94. The number of halogens is 1. The quantitative estimate of drug-likeness (QED) is 0.523. The summed E-state index contributed by atoms with van der Waals surface area (Å²) in [5, 5.41) is 0.939. The second-order valence-corrected chi connectivity index (χ2v) is 7.98. The van der Waals surface area contributed by atoms with Crippen molar-refractivity contribution in [1.29, 1.82) is 0 Å². The van der Waals surface area contributed by atoms with Gasteiger partial charge in [-0.2, -0.15) is 0 Å². The summed E-state index contributed by atoms with van der Waals surface area (Å²) in [6, 6.07) is 13.6. The van der Waals surface area contributed by atoms with Crippen LogP contribution in [-0.4, -0.2) is 29.5 Å². The minimum Gasteiger partial charge on any atom is -0.374 e. The first-order valence-electron chi connectivity index (χ1n) is 10.7. The number of unbranched alkanes of at least 4 members (excludes halogenated alkanes) is 1. The summed E-state index contributed by atoms with van der Waals surface area (Å²) in [6.45, 7) is 2.98. The van der Waals surface area contributed by atoms with Gasteiger partial charge in [-0.05, 0) is 66.9 Å². The van der Waals surface area contributed by atoms with Gasteiger partial charge in [-0.1, -0.05) is 30.4 Å². The highest BCUT2D eigenvalue weighted by molar-refractivity contribution is 5.95. The smallest absolute Gasteiger partial charge is 0.123 e. The molecule has 5 rings (SSSR count). The first-order chi connectivity index (χ1) is 14.8. The number of nitrogens with one attached hydrogen (secondary N) is 1. The zero-order valence-electron chi connectivity index (χ0n) is 17.0. The number of fused-ring (bicyclic) bond motifs is 2. The van der Waals surface area contributed by atoms with E-state index in [9.17, 15) is 4.39 Å². The van der Waals surface area contributed by atoms with E-state index < -0.39 is 0 Å². The average Bonchev–Trinajstić information content (AvgIpc) is 3.20. The maximum absolute atomic E-state index is 13.6. The van der Waals surface area contributed by atoms with Crippen LogP contribution in [0, 0.1) is 5.82 Å². The van der Waals surface area contributed by atoms with E-state index >= 15 is 0 Å². The van der Waals surface area contributed by atoms with E-state index in [1.807, 2.05) is 6.20 Å². The second-order valence-electron chi connectivity index (χ2n) is 7.98. The molecule has 0 unspecified atom stereocenters. The molecule has 3 aromatic rings. The van der Waals surface area contributed by atoms with Gasteiger partial charge in [-0.25, -0.2) is 4.39 Å². The van der Waals surface area contributed by atoms with Gasteiger partial charge in [0.2, 0.25) is 0 Å². The minimum absolute atomic E-state index is 0.198. The average molecular weight is 400 g/mol. The van der Waals surface area contributed by atoms with Crippen molar-refractivity contribution < 1.29 is 4.39 Å². The predicted molar refractivity (Wildman–Crippen MR) is 123 cm³/mol. The fraction of sp³-hybridized carbons (Fsp3) is 0.231. The van der Waals surface area contributed by atoms with E-state index in [0.717, 1.165) is 60.9 Å². The Morgan fingerprint density at radius 1 is 1.00 bits per heavy atom. The zero-order valence-corrected chi connectivity index (χ0v) is 17.0. The molecule has 1 N–H and O–H groups in total. The maximum atomic E-state index is 13.6. The van der Waals surface area contributed by atoms with Crippen LogP contribution in [0.15, 0.2) is 79.3 Å². The van der Waals surface area contributed by atoms with Crippen molar-refractivity contribution in [2.45, 2.75) is 19.3 Å². The van der Waals surface area contributed by atoms with Gasteiger partial charge < -0.3 is 14.8 Å². The largest absolute Gasteiger partial charge is 0.374 e. The molecule has 0 saturated carbocycles. The fourth-order valence-corrected chi connectivity index (χ4v) is 4.37. The highest BCUT2D eigenvalue weighted by Crippen LogP contribution is 2.28. The van der Waals surface area contributed by atoms with Gasteiger partial charge >= 0.3 is 0 Å². The molecule has 0 bridgehead atoms. The number of nitrogens with zero attached hydrogens (tertiary/aromatic N) is 2. The van der Waals surface area contributed by atoms with Crippen LogP contribution in [0.2, 0.25) is 0 Å². The number of rotatable bonds is 6. The summed E-state index contributed by atoms with van der Waals surface area (Å²) in [6.07, 6.45) is 16.3. The van der Waals surface area contributed by atoms with Crippen LogP contribution in [0.1, 0.15) is 24.0 Å². The lowest BCUT2D eigenvalue weighted by Crippen LogP contribution is -2.24. The Morgan fingerprint density at radius 3 is 2.80 bits per heavy atom. The van der Waals surface area contributed by atoms with Gasteiger partial charge in [0, 0.05) is 54.2 Å². The van der Waals surface area contributed by atoms with Crippen molar-refractivity contribution >= 4 is 22.2 Å². The SMILES string of the molecule is Fc1ccc2[nH]cc(C3=CCN(CCCCN4C=CCc5ccccc54)C=C3)c2c1. The molecular weight excluding hydrogens is 373 g/mol. The summed E-state index contributed by atoms with van der Waals surface area (Å²) in [5.74, 6) is -0.198. The number of aromatic amines is 1. The summed E-state index contributed by atoms with van der Waals surface area (Å²) in [4.78, 5) is 7.96. The predicted octanol–water partition coefficient (Wildman–Crippen LogP) is 5.88. The molecule has 2 aliphatic rings. The standard InChI is InChI=1S/C26H26FN3/c27-22-9-10-25-23(18-22)24(19-28-25)20-11-16-29(17-12-20)13-3-4-14-30-15-5-7-21-6-1-2-8-26(21)30/h1-2,5-6,8-12,15-16,18-19,28H,3-4,7,13-14,17H2. The minimum atomic E-state index is -0.198. The Bertz CT molecular complexity index is 1140. The Morgan fingerprint density at radius 2 is 1.90 bits per heavy atom. The van der Waals surface area contributed by atoms with Crippen molar-refractivity contribution in [3.8, 4) is 0 Å². The molecule has 0 spiro atoms. The molecule has 0 amide bonds. The molecule has 0 atom stereocenters. The Hall–Kier alpha value is -3.27. The van der Waals surface area contributed by atoms with E-state index in [2.05, 4.69) is 69.7 Å². The van der Waals surface area contributed by atoms with Crippen molar-refractivity contribution in [2.24, 2.45) is 0 Å². The molecule has 0 radical (unpaired) electrons. The first kappa shape index (κ1) is 18.7. The highest BCUT2D eigenvalue weighted by Gasteiger charge is 2.13. The molecule has 3 nitrogen and oxygen atoms in total. The van der Waals surface area contributed by atoms with Gasteiger partial charge in [0.1, 0.15) is 5.82 Å². The molecule has 3 heterocycles. The van der Waals surface area contributed by atoms with Crippen LogP contribution in [0.5, 0.6) is 0 Å². The lowest BCUT2D eigenvalue weighted by molar-refractivity contribution is 0.399. The van der Waals surface area contributed by atoms with Gasteiger partial charge in [0.15, 0.2) is 0 Å². The van der Waals surface area contributed by atoms with Crippen LogP contribution < -0.4 is 4.90 Å². The molecule has 152 valence electrons. The molecule has 0 aliphatic carbocycles. The summed E-state index contributed by atoms with van der Waals surface area (Å²) >= 11 is 0. The highest BCUT2D eigenvalue weighted by atomic mass is 19.1. The lowest BCUT2D eigenvalue weighted by Gasteiger charge is -2.27. The monoisotopic (exact) mass is 399 g/mol. The van der Waals surface area contributed by atoms with Crippen LogP contribution in [0.4, 0.5) is 10.1 Å². The zero-order chi connectivity index (χ0) is 20.3. The number of benzene rings is 2. The van der Waals surface area contributed by atoms with Gasteiger partial charge in [-0.15, -0.1) is 0 Å². The molecule has 4 heteroatoms. The molecule has 0 fully saturated rings. The maximum Gasteiger partial charge on any atom is 0.123 e. The normalized spacial score (nSPS) is 15.6. The number of hydrogen-bond donors (Lipinski definition) is 1. The number of allylic oxidation sites excluding steroid dienone is 3. The van der Waals surface area contributed by atoms with Crippen LogP contribution in [0.3, 0.4) is 0 Å². The Labute approximate surface area is 176 Å². The molecule has 1 aromatic heterocycles. The molecule has 2 aromatic carbocycles. The summed E-state index contributed by atoms with van der Waals surface area (Å²) in [7, 11) is 0. The third-order valence-electron chi connectivity index (χ3n) is 5.98. The molecule has 2 aliphatic heterocycles. The molecule has 30 heavy (non-hydrogen) atoms. The van der Waals surface area contributed by atoms with Crippen molar-refractivity contribution in [3.05, 3.63) is 96.2 Å². The first-order valence-corrected chi connectivity index (χ1v) is 10.7. The Kier molecular flexibility index (Phi) is 5.14. The molecule has 0 saturated heterocycles. The second kappa shape index (κ2) is 8.23. The van der Waals surface area contributed by atoms with Crippen molar-refractivity contribution in [2.75, 3.05) is 24.5 Å². The van der Waals surface area contributed by atoms with Gasteiger partial charge in [0.05, 0.1) is 0 Å². The van der Waals surface area contributed by atoms with Crippen molar-refractivity contribution in [1.82, 2.24) is 9.88 Å². The topological polar surface area (TPSA) is 22.3 Å². The fourth-order valence-electron chi connectivity index (χ4n) is 4.37. The van der Waals surface area contributed by atoms with Crippen molar-refractivity contribution in [3.63, 3.8) is 0 Å². The van der Waals surface area contributed by atoms with Crippen LogP contribution >= 0.6 is 0 Å². The molecular formula is C26H26FN3. The van der Waals surface area contributed by atoms with E-state index in [-0.39, 0.29) is 5.82 Å². The number of aromatic nitrogens is 1.